The minimum absolute atomic E-state index is 0.724. The van der Waals surface area contributed by atoms with Crippen molar-refractivity contribution in [2.45, 2.75) is 13.3 Å². The Balaban J connectivity index is 2.15. The number of aromatic nitrogens is 1. The molecular weight excluding hydrogens is 212 g/mol. The maximum atomic E-state index is 5.79. The first-order valence-electron chi connectivity index (χ1n) is 5.74. The van der Waals surface area contributed by atoms with Gasteiger partial charge in [0, 0.05) is 12.0 Å². The zero-order valence-electron chi connectivity index (χ0n) is 9.73. The molecule has 0 amide bonds. The zero-order valence-corrected chi connectivity index (χ0v) is 9.73. The molecule has 86 valence electrons. The molecule has 0 aliphatic carbocycles. The Morgan fingerprint density at radius 1 is 1.24 bits per heavy atom. The van der Waals surface area contributed by atoms with Crippen molar-refractivity contribution in [1.29, 1.82) is 0 Å². The summed E-state index contributed by atoms with van der Waals surface area (Å²) in [6, 6.07) is 10.0. The summed E-state index contributed by atoms with van der Waals surface area (Å²) in [4.78, 5) is 4.52. The van der Waals surface area contributed by atoms with Gasteiger partial charge in [-0.25, -0.2) is 0 Å². The molecule has 3 nitrogen and oxygen atoms in total. The van der Waals surface area contributed by atoms with Gasteiger partial charge in [-0.1, -0.05) is 12.1 Å². The fourth-order valence-electron chi connectivity index (χ4n) is 2.14. The number of para-hydroxylation sites is 1. The normalized spacial score (nSPS) is 13.2. The van der Waals surface area contributed by atoms with Crippen LogP contribution in [0.25, 0.3) is 11.3 Å². The van der Waals surface area contributed by atoms with Crippen molar-refractivity contribution in [3.05, 3.63) is 41.6 Å². The summed E-state index contributed by atoms with van der Waals surface area (Å²) < 4.78 is 5.68. The number of pyridine rings is 1. The third kappa shape index (κ3) is 1.64. The Bertz CT molecular complexity index is 578. The van der Waals surface area contributed by atoms with Crippen molar-refractivity contribution >= 4 is 5.69 Å². The van der Waals surface area contributed by atoms with Gasteiger partial charge in [-0.05, 0) is 30.7 Å². The van der Waals surface area contributed by atoms with Crippen LogP contribution in [-0.4, -0.2) is 11.6 Å². The number of benzene rings is 1. The number of hydrogen-bond donors (Lipinski definition) is 1. The number of fused-ring (bicyclic) bond motifs is 1. The second-order valence-corrected chi connectivity index (χ2v) is 4.26. The highest BCUT2D eigenvalue weighted by molar-refractivity contribution is 5.71. The molecule has 1 aliphatic rings. The highest BCUT2D eigenvalue weighted by Crippen LogP contribution is 2.36. The maximum Gasteiger partial charge on any atom is 0.132 e. The summed E-state index contributed by atoms with van der Waals surface area (Å²) in [6.07, 6.45) is 0.983. The van der Waals surface area contributed by atoms with Gasteiger partial charge in [-0.15, -0.1) is 0 Å². The van der Waals surface area contributed by atoms with Gasteiger partial charge in [0.2, 0.25) is 0 Å². The maximum absolute atomic E-state index is 5.79. The second kappa shape index (κ2) is 3.77. The van der Waals surface area contributed by atoms with Gasteiger partial charge >= 0.3 is 0 Å². The molecule has 0 saturated heterocycles. The van der Waals surface area contributed by atoms with Crippen molar-refractivity contribution in [1.82, 2.24) is 4.98 Å². The third-order valence-electron chi connectivity index (χ3n) is 3.12. The second-order valence-electron chi connectivity index (χ2n) is 4.26. The molecule has 0 unspecified atom stereocenters. The van der Waals surface area contributed by atoms with E-state index in [1.807, 2.05) is 25.1 Å². The lowest BCUT2D eigenvalue weighted by molar-refractivity contribution is 0.358. The number of nitrogen functional groups attached to an aromatic ring is 1. The molecular formula is C14H14N2O. The number of nitrogens with zero attached hydrogens (tertiary/aromatic N) is 1. The summed E-state index contributed by atoms with van der Waals surface area (Å²) >= 11 is 0. The topological polar surface area (TPSA) is 48.1 Å². The molecule has 17 heavy (non-hydrogen) atoms. The summed E-state index contributed by atoms with van der Waals surface area (Å²) in [5, 5.41) is 0. The van der Waals surface area contributed by atoms with Crippen molar-refractivity contribution in [3.63, 3.8) is 0 Å². The monoisotopic (exact) mass is 226 g/mol. The lowest BCUT2D eigenvalue weighted by Crippen LogP contribution is -1.95. The highest BCUT2D eigenvalue weighted by atomic mass is 16.5. The summed E-state index contributed by atoms with van der Waals surface area (Å²) in [7, 11) is 0. The standard InChI is InChI=1S/C14H14N2O/c1-9-12(15)5-6-13(16-9)11-4-2-3-10-7-8-17-14(10)11/h2-6H,7-8,15H2,1H3. The lowest BCUT2D eigenvalue weighted by atomic mass is 10.0. The Morgan fingerprint density at radius 3 is 2.94 bits per heavy atom. The summed E-state index contributed by atoms with van der Waals surface area (Å²) in [6.45, 7) is 2.68. The average molecular weight is 226 g/mol. The number of hydrogen-bond acceptors (Lipinski definition) is 3. The van der Waals surface area contributed by atoms with Gasteiger partial charge in [0.25, 0.3) is 0 Å². The van der Waals surface area contributed by atoms with Crippen LogP contribution >= 0.6 is 0 Å². The zero-order chi connectivity index (χ0) is 11.8. The molecule has 1 aromatic heterocycles. The van der Waals surface area contributed by atoms with Crippen LogP contribution in [0.5, 0.6) is 5.75 Å². The van der Waals surface area contributed by atoms with E-state index in [1.54, 1.807) is 0 Å². The number of nitrogens with two attached hydrogens (primary N) is 1. The average Bonchev–Trinajstić information content (AvgIpc) is 2.80. The Hall–Kier alpha value is -2.03. The molecule has 3 rings (SSSR count). The first-order valence-corrected chi connectivity index (χ1v) is 5.74. The molecule has 0 radical (unpaired) electrons. The van der Waals surface area contributed by atoms with Gasteiger partial charge in [-0.3, -0.25) is 4.98 Å². The molecule has 0 fully saturated rings. The minimum atomic E-state index is 0.724. The van der Waals surface area contributed by atoms with Crippen molar-refractivity contribution in [3.8, 4) is 17.0 Å². The van der Waals surface area contributed by atoms with E-state index in [1.165, 1.54) is 5.56 Å². The first-order chi connectivity index (χ1) is 8.25. The van der Waals surface area contributed by atoms with Crippen LogP contribution in [0, 0.1) is 6.92 Å². The van der Waals surface area contributed by atoms with E-state index >= 15 is 0 Å². The SMILES string of the molecule is Cc1nc(-c2cccc3c2OCC3)ccc1N. The highest BCUT2D eigenvalue weighted by Gasteiger charge is 2.17. The quantitative estimate of drug-likeness (QED) is 0.813. The summed E-state index contributed by atoms with van der Waals surface area (Å²) in [5.74, 6) is 0.976. The van der Waals surface area contributed by atoms with E-state index < -0.39 is 0 Å². The molecule has 0 spiro atoms. The molecule has 2 heterocycles. The molecule has 2 aromatic rings. The Kier molecular flexibility index (Phi) is 2.25. The van der Waals surface area contributed by atoms with Gasteiger partial charge < -0.3 is 10.5 Å². The van der Waals surface area contributed by atoms with Gasteiger partial charge in [-0.2, -0.15) is 0 Å². The number of anilines is 1. The van der Waals surface area contributed by atoms with Gasteiger partial charge in [0.1, 0.15) is 5.75 Å². The predicted octanol–water partition coefficient (Wildman–Crippen LogP) is 2.57. The van der Waals surface area contributed by atoms with Gasteiger partial charge in [0.05, 0.1) is 23.7 Å². The molecule has 2 N–H and O–H groups in total. The largest absolute Gasteiger partial charge is 0.492 e. The summed E-state index contributed by atoms with van der Waals surface area (Å²) in [5.41, 5.74) is 10.6. The van der Waals surface area contributed by atoms with E-state index in [4.69, 9.17) is 10.5 Å². The van der Waals surface area contributed by atoms with Crippen LogP contribution in [0.2, 0.25) is 0 Å². The van der Waals surface area contributed by atoms with Crippen LogP contribution in [0.1, 0.15) is 11.3 Å². The smallest absolute Gasteiger partial charge is 0.132 e. The molecule has 0 bridgehead atoms. The lowest BCUT2D eigenvalue weighted by Gasteiger charge is -2.08. The number of ether oxygens (including phenoxy) is 1. The molecule has 0 atom stereocenters. The van der Waals surface area contributed by atoms with E-state index in [0.29, 0.717) is 0 Å². The van der Waals surface area contributed by atoms with E-state index in [2.05, 4.69) is 17.1 Å². The van der Waals surface area contributed by atoms with Crippen LogP contribution in [0.15, 0.2) is 30.3 Å². The fraction of sp³-hybridized carbons (Fsp3) is 0.214. The van der Waals surface area contributed by atoms with E-state index in [-0.39, 0.29) is 0 Å². The van der Waals surface area contributed by atoms with E-state index in [0.717, 1.165) is 41.4 Å². The van der Waals surface area contributed by atoms with Crippen LogP contribution < -0.4 is 10.5 Å². The number of aryl methyl sites for hydroxylation is 1. The van der Waals surface area contributed by atoms with E-state index in [9.17, 15) is 0 Å². The molecule has 1 aromatic carbocycles. The van der Waals surface area contributed by atoms with Crippen LogP contribution in [-0.2, 0) is 6.42 Å². The predicted molar refractivity (Wildman–Crippen MR) is 68.0 cm³/mol. The van der Waals surface area contributed by atoms with Crippen LogP contribution in [0.3, 0.4) is 0 Å². The third-order valence-corrected chi connectivity index (χ3v) is 3.12. The Labute approximate surface area is 100 Å². The molecule has 0 saturated carbocycles. The molecule has 1 aliphatic heterocycles. The minimum Gasteiger partial charge on any atom is -0.492 e. The number of rotatable bonds is 1. The fourth-order valence-corrected chi connectivity index (χ4v) is 2.14. The first kappa shape index (κ1) is 10.1. The van der Waals surface area contributed by atoms with Crippen molar-refractivity contribution in [2.24, 2.45) is 0 Å². The van der Waals surface area contributed by atoms with Gasteiger partial charge in [0.15, 0.2) is 0 Å². The Morgan fingerprint density at radius 2 is 2.12 bits per heavy atom. The molecule has 3 heteroatoms. The van der Waals surface area contributed by atoms with Crippen molar-refractivity contribution in [2.75, 3.05) is 12.3 Å². The van der Waals surface area contributed by atoms with Crippen LogP contribution in [0.4, 0.5) is 5.69 Å². The van der Waals surface area contributed by atoms with Crippen molar-refractivity contribution < 1.29 is 4.74 Å².